The number of rotatable bonds is 3. The Morgan fingerprint density at radius 1 is 0.378 bits per heavy atom. The van der Waals surface area contributed by atoms with Crippen molar-refractivity contribution in [3.63, 3.8) is 0 Å². The molecule has 0 aliphatic carbocycles. The largest absolute Gasteiger partial charge is 0.309 e. The summed E-state index contributed by atoms with van der Waals surface area (Å²) in [5.41, 5.74) is 8.65. The average molecular weight is 608 g/mol. The Morgan fingerprint density at radius 3 is 1.78 bits per heavy atom. The van der Waals surface area contributed by atoms with Gasteiger partial charge in [-0.25, -0.2) is 0 Å². The first-order chi connectivity index (χ1) is 22.3. The minimum absolute atomic E-state index is 1.17. The van der Waals surface area contributed by atoms with Gasteiger partial charge in [0.2, 0.25) is 0 Å². The van der Waals surface area contributed by atoms with Gasteiger partial charge >= 0.3 is 0 Å². The molecule has 0 spiro atoms. The Bertz CT molecular complexity index is 2740. The molecule has 3 heterocycles. The monoisotopic (exact) mass is 607 g/mol. The van der Waals surface area contributed by atoms with Gasteiger partial charge in [0, 0.05) is 56.8 Å². The van der Waals surface area contributed by atoms with Crippen molar-refractivity contribution in [3.8, 4) is 27.9 Å². The average Bonchev–Trinajstić information content (AvgIpc) is 3.78. The lowest BCUT2D eigenvalue weighted by Crippen LogP contribution is -1.94. The first-order valence-electron chi connectivity index (χ1n) is 15.3. The van der Waals surface area contributed by atoms with Crippen LogP contribution in [-0.2, 0) is 0 Å². The number of hydrogen-bond acceptors (Lipinski definition) is 2. The molecule has 0 radical (unpaired) electrons. The standard InChI is InChI=1S/C42H25NS2/c1-2-9-26(10-3-1)28-19-22-35-37(25-28)43(36-24-23-34-32-12-5-7-16-39(32)45-42(34)40(35)36)29-20-17-27(18-21-29)30-13-8-14-33-31-11-4-6-15-38(31)44-41(30)33/h1-25H. The molecule has 0 bridgehead atoms. The Morgan fingerprint density at radius 2 is 1.00 bits per heavy atom. The smallest absolute Gasteiger partial charge is 0.0555 e. The molecule has 0 aliphatic rings. The van der Waals surface area contributed by atoms with Crippen LogP contribution in [-0.4, -0.2) is 4.57 Å². The third-order valence-electron chi connectivity index (χ3n) is 9.22. The van der Waals surface area contributed by atoms with E-state index in [0.29, 0.717) is 0 Å². The molecule has 0 N–H and O–H groups in total. The predicted molar refractivity (Wildman–Crippen MR) is 197 cm³/mol. The van der Waals surface area contributed by atoms with Gasteiger partial charge in [0.1, 0.15) is 0 Å². The summed E-state index contributed by atoms with van der Waals surface area (Å²) in [5.74, 6) is 0. The van der Waals surface area contributed by atoms with E-state index in [1.54, 1.807) is 0 Å². The highest BCUT2D eigenvalue weighted by atomic mass is 32.1. The van der Waals surface area contributed by atoms with Gasteiger partial charge in [-0.05, 0) is 58.7 Å². The lowest BCUT2D eigenvalue weighted by atomic mass is 10.0. The van der Waals surface area contributed by atoms with Gasteiger partial charge in [0.25, 0.3) is 0 Å². The van der Waals surface area contributed by atoms with Gasteiger partial charge < -0.3 is 4.57 Å². The molecule has 0 aliphatic heterocycles. The number of nitrogens with zero attached hydrogens (tertiary/aromatic N) is 1. The van der Waals surface area contributed by atoms with E-state index in [4.69, 9.17) is 0 Å². The lowest BCUT2D eigenvalue weighted by Gasteiger charge is -2.11. The molecule has 10 aromatic rings. The SMILES string of the molecule is c1ccc(-c2ccc3c4c5sc6ccccc6c5ccc4n(-c4ccc(-c5cccc6c5sc5ccccc56)cc4)c3c2)cc1. The van der Waals surface area contributed by atoms with Crippen LogP contribution in [0.25, 0.3) is 90.1 Å². The van der Waals surface area contributed by atoms with Crippen LogP contribution in [0.1, 0.15) is 0 Å². The Labute approximate surface area is 267 Å². The molecule has 3 heteroatoms. The van der Waals surface area contributed by atoms with Crippen LogP contribution in [0.4, 0.5) is 0 Å². The van der Waals surface area contributed by atoms with Crippen molar-refractivity contribution in [1.82, 2.24) is 4.57 Å². The van der Waals surface area contributed by atoms with E-state index >= 15 is 0 Å². The van der Waals surface area contributed by atoms with Gasteiger partial charge in [-0.2, -0.15) is 0 Å². The van der Waals surface area contributed by atoms with Crippen molar-refractivity contribution in [2.45, 2.75) is 0 Å². The number of thiophene rings is 2. The molecule has 1 nitrogen and oxygen atoms in total. The van der Waals surface area contributed by atoms with E-state index in [0.717, 1.165) is 0 Å². The molecule has 0 unspecified atom stereocenters. The Balaban J connectivity index is 1.22. The quantitative estimate of drug-likeness (QED) is 0.188. The molecular weight excluding hydrogens is 583 g/mol. The van der Waals surface area contributed by atoms with Gasteiger partial charge in [-0.15, -0.1) is 22.7 Å². The third-order valence-corrected chi connectivity index (χ3v) is 11.6. The van der Waals surface area contributed by atoms with E-state index in [2.05, 4.69) is 156 Å². The van der Waals surface area contributed by atoms with E-state index in [-0.39, 0.29) is 0 Å². The Hall–Kier alpha value is -5.22. The highest BCUT2D eigenvalue weighted by Gasteiger charge is 2.19. The second-order valence-electron chi connectivity index (χ2n) is 11.7. The third kappa shape index (κ3) is 3.72. The number of benzene rings is 7. The summed E-state index contributed by atoms with van der Waals surface area (Å²) in [6.07, 6.45) is 0. The first kappa shape index (κ1) is 25.1. The zero-order valence-corrected chi connectivity index (χ0v) is 25.8. The second kappa shape index (κ2) is 9.64. The van der Waals surface area contributed by atoms with Crippen molar-refractivity contribution >= 4 is 84.8 Å². The van der Waals surface area contributed by atoms with Crippen LogP contribution in [0.3, 0.4) is 0 Å². The minimum Gasteiger partial charge on any atom is -0.309 e. The van der Waals surface area contributed by atoms with E-state index in [1.165, 1.54) is 90.1 Å². The molecule has 3 aromatic heterocycles. The minimum atomic E-state index is 1.17. The predicted octanol–water partition coefficient (Wildman–Crippen LogP) is 12.9. The summed E-state index contributed by atoms with van der Waals surface area (Å²) < 4.78 is 7.84. The van der Waals surface area contributed by atoms with Gasteiger partial charge in [-0.1, -0.05) is 115 Å². The molecular formula is C42H25NS2. The van der Waals surface area contributed by atoms with Crippen LogP contribution < -0.4 is 0 Å². The first-order valence-corrected chi connectivity index (χ1v) is 16.9. The van der Waals surface area contributed by atoms with Gasteiger partial charge in [0.05, 0.1) is 11.0 Å². The molecule has 10 rings (SSSR count). The van der Waals surface area contributed by atoms with Crippen molar-refractivity contribution < 1.29 is 0 Å². The van der Waals surface area contributed by atoms with Gasteiger partial charge in [0.15, 0.2) is 0 Å². The number of hydrogen-bond donors (Lipinski definition) is 0. The fraction of sp³-hybridized carbons (Fsp3) is 0. The van der Waals surface area contributed by atoms with E-state index in [9.17, 15) is 0 Å². The van der Waals surface area contributed by atoms with Crippen LogP contribution in [0.2, 0.25) is 0 Å². The summed E-state index contributed by atoms with van der Waals surface area (Å²) in [6, 6.07) is 55.7. The highest BCUT2D eigenvalue weighted by molar-refractivity contribution is 7.27. The molecule has 0 saturated carbocycles. The van der Waals surface area contributed by atoms with Gasteiger partial charge in [-0.3, -0.25) is 0 Å². The lowest BCUT2D eigenvalue weighted by molar-refractivity contribution is 1.18. The van der Waals surface area contributed by atoms with Crippen LogP contribution in [0, 0.1) is 0 Å². The molecule has 45 heavy (non-hydrogen) atoms. The summed E-state index contributed by atoms with van der Waals surface area (Å²) in [5, 5.41) is 7.97. The maximum atomic E-state index is 2.46. The fourth-order valence-electron chi connectivity index (χ4n) is 7.14. The summed E-state index contributed by atoms with van der Waals surface area (Å²) in [4.78, 5) is 0. The molecule has 0 amide bonds. The summed E-state index contributed by atoms with van der Waals surface area (Å²) >= 11 is 3.79. The maximum Gasteiger partial charge on any atom is 0.0555 e. The van der Waals surface area contributed by atoms with Crippen LogP contribution in [0.15, 0.2) is 152 Å². The van der Waals surface area contributed by atoms with E-state index in [1.807, 2.05) is 22.7 Å². The summed E-state index contributed by atoms with van der Waals surface area (Å²) in [7, 11) is 0. The zero-order valence-electron chi connectivity index (χ0n) is 24.2. The fourth-order valence-corrected chi connectivity index (χ4v) is 9.63. The molecule has 0 atom stereocenters. The van der Waals surface area contributed by atoms with Crippen LogP contribution >= 0.6 is 22.7 Å². The maximum absolute atomic E-state index is 2.46. The van der Waals surface area contributed by atoms with Crippen molar-refractivity contribution in [3.05, 3.63) is 152 Å². The molecule has 0 fully saturated rings. The molecule has 0 saturated heterocycles. The topological polar surface area (TPSA) is 4.93 Å². The Kier molecular flexibility index (Phi) is 5.39. The second-order valence-corrected chi connectivity index (χ2v) is 13.8. The number of fused-ring (bicyclic) bond motifs is 10. The molecule has 7 aromatic carbocycles. The van der Waals surface area contributed by atoms with Crippen molar-refractivity contribution in [2.24, 2.45) is 0 Å². The van der Waals surface area contributed by atoms with Crippen LogP contribution in [0.5, 0.6) is 0 Å². The van der Waals surface area contributed by atoms with Crippen molar-refractivity contribution in [2.75, 3.05) is 0 Å². The number of aromatic nitrogens is 1. The zero-order chi connectivity index (χ0) is 29.5. The van der Waals surface area contributed by atoms with E-state index < -0.39 is 0 Å². The normalized spacial score (nSPS) is 12.0. The molecule has 210 valence electrons. The summed E-state index contributed by atoms with van der Waals surface area (Å²) in [6.45, 7) is 0. The highest BCUT2D eigenvalue weighted by Crippen LogP contribution is 2.45. The van der Waals surface area contributed by atoms with Crippen molar-refractivity contribution in [1.29, 1.82) is 0 Å².